The molecule has 0 saturated heterocycles. The molecule has 1 aromatic carbocycles. The van der Waals surface area contributed by atoms with Crippen LogP contribution in [0.3, 0.4) is 0 Å². The van der Waals surface area contributed by atoms with Gasteiger partial charge in [-0.1, -0.05) is 19.9 Å². The van der Waals surface area contributed by atoms with Gasteiger partial charge in [-0.3, -0.25) is 0 Å². The average Bonchev–Trinajstić information content (AvgIpc) is 2.96. The summed E-state index contributed by atoms with van der Waals surface area (Å²) in [6.07, 6.45) is 1.51. The second-order valence-corrected chi connectivity index (χ2v) is 5.85. The molecule has 0 amide bonds. The number of aryl methyl sites for hydroxylation is 1. The quantitative estimate of drug-likeness (QED) is 0.715. The van der Waals surface area contributed by atoms with Crippen LogP contribution in [0, 0.1) is 12.7 Å². The van der Waals surface area contributed by atoms with Crippen molar-refractivity contribution < 1.29 is 4.39 Å². The molecular formula is C18H23FN6. The fourth-order valence-electron chi connectivity index (χ4n) is 2.91. The Balaban J connectivity index is 1.92. The average molecular weight is 342 g/mol. The molecule has 25 heavy (non-hydrogen) atoms. The number of nitrogens with zero attached hydrogens (tertiary/aromatic N) is 5. The zero-order chi connectivity index (χ0) is 17.8. The van der Waals surface area contributed by atoms with E-state index >= 15 is 0 Å². The third-order valence-electron chi connectivity index (χ3n) is 4.31. The summed E-state index contributed by atoms with van der Waals surface area (Å²) in [6, 6.07) is 6.33. The summed E-state index contributed by atoms with van der Waals surface area (Å²) in [7, 11) is 0. The normalized spacial score (nSPS) is 11.4. The van der Waals surface area contributed by atoms with Crippen molar-refractivity contribution in [3.8, 4) is 5.69 Å². The summed E-state index contributed by atoms with van der Waals surface area (Å²) in [5.74, 6) is 0.461. The van der Waals surface area contributed by atoms with Gasteiger partial charge >= 0.3 is 0 Å². The molecule has 7 heteroatoms. The van der Waals surface area contributed by atoms with Gasteiger partial charge in [0, 0.05) is 13.1 Å². The molecule has 0 aliphatic rings. The molecule has 0 radical (unpaired) electrons. The van der Waals surface area contributed by atoms with Crippen LogP contribution in [0.5, 0.6) is 0 Å². The van der Waals surface area contributed by atoms with E-state index in [1.807, 2.05) is 13.0 Å². The minimum absolute atomic E-state index is 0.301. The smallest absolute Gasteiger partial charge is 0.168 e. The summed E-state index contributed by atoms with van der Waals surface area (Å²) in [5.41, 5.74) is 2.12. The number of anilines is 1. The first-order valence-electron chi connectivity index (χ1n) is 8.56. The molecule has 0 saturated carbocycles. The maximum atomic E-state index is 13.6. The lowest BCUT2D eigenvalue weighted by atomic mass is 10.3. The molecule has 2 heterocycles. The number of hydrogen-bond acceptors (Lipinski definition) is 5. The summed E-state index contributed by atoms with van der Waals surface area (Å²) >= 11 is 0. The molecule has 3 aromatic rings. The second kappa shape index (κ2) is 7.57. The van der Waals surface area contributed by atoms with Gasteiger partial charge in [0.25, 0.3) is 0 Å². The van der Waals surface area contributed by atoms with Gasteiger partial charge in [-0.15, -0.1) is 0 Å². The van der Waals surface area contributed by atoms with Crippen molar-refractivity contribution >= 4 is 16.9 Å². The lowest BCUT2D eigenvalue weighted by Gasteiger charge is -2.18. The number of aromatic nitrogens is 4. The van der Waals surface area contributed by atoms with Crippen molar-refractivity contribution in [3.05, 3.63) is 42.1 Å². The Bertz CT molecular complexity index is 856. The number of likely N-dealkylation sites (N-methyl/N-ethyl adjacent to an activating group) is 1. The largest absolute Gasteiger partial charge is 0.368 e. The van der Waals surface area contributed by atoms with Gasteiger partial charge in [-0.2, -0.15) is 5.10 Å². The van der Waals surface area contributed by atoms with Crippen LogP contribution < -0.4 is 5.32 Å². The second-order valence-electron chi connectivity index (χ2n) is 5.85. The first kappa shape index (κ1) is 17.3. The summed E-state index contributed by atoms with van der Waals surface area (Å²) in [4.78, 5) is 11.1. The van der Waals surface area contributed by atoms with E-state index in [2.05, 4.69) is 39.1 Å². The Morgan fingerprint density at radius 3 is 2.72 bits per heavy atom. The molecule has 0 bridgehead atoms. The van der Waals surface area contributed by atoms with Gasteiger partial charge < -0.3 is 10.2 Å². The molecule has 0 aliphatic heterocycles. The molecule has 0 fully saturated rings. The number of halogens is 1. The molecule has 0 spiro atoms. The van der Waals surface area contributed by atoms with E-state index in [4.69, 9.17) is 0 Å². The molecule has 6 nitrogen and oxygen atoms in total. The van der Waals surface area contributed by atoms with Gasteiger partial charge in [-0.25, -0.2) is 19.0 Å². The van der Waals surface area contributed by atoms with Crippen molar-refractivity contribution in [2.24, 2.45) is 0 Å². The van der Waals surface area contributed by atoms with Gasteiger partial charge in [-0.05, 0) is 38.2 Å². The minimum Gasteiger partial charge on any atom is -0.368 e. The highest BCUT2D eigenvalue weighted by atomic mass is 19.1. The monoisotopic (exact) mass is 342 g/mol. The van der Waals surface area contributed by atoms with E-state index in [-0.39, 0.29) is 5.82 Å². The van der Waals surface area contributed by atoms with Gasteiger partial charge in [0.15, 0.2) is 5.65 Å². The summed E-state index contributed by atoms with van der Waals surface area (Å²) in [6.45, 7) is 9.99. The molecule has 0 aliphatic carbocycles. The van der Waals surface area contributed by atoms with E-state index in [0.717, 1.165) is 43.1 Å². The van der Waals surface area contributed by atoms with Crippen molar-refractivity contribution in [2.75, 3.05) is 31.5 Å². The highest BCUT2D eigenvalue weighted by Crippen LogP contribution is 2.25. The van der Waals surface area contributed by atoms with Crippen LogP contribution in [0.1, 0.15) is 19.5 Å². The van der Waals surface area contributed by atoms with E-state index in [1.54, 1.807) is 10.7 Å². The molecule has 0 unspecified atom stereocenters. The summed E-state index contributed by atoms with van der Waals surface area (Å²) < 4.78 is 15.2. The van der Waals surface area contributed by atoms with Crippen molar-refractivity contribution in [1.82, 2.24) is 24.6 Å². The molecular weight excluding hydrogens is 319 g/mol. The fraction of sp³-hybridized carbons (Fsp3) is 0.389. The van der Waals surface area contributed by atoms with Crippen molar-refractivity contribution in [2.45, 2.75) is 20.8 Å². The Hall–Kier alpha value is -2.54. The van der Waals surface area contributed by atoms with E-state index in [0.29, 0.717) is 11.3 Å². The number of nitrogens with one attached hydrogen (secondary N) is 1. The lowest BCUT2D eigenvalue weighted by molar-refractivity contribution is 0.316. The fourth-order valence-corrected chi connectivity index (χ4v) is 2.91. The maximum Gasteiger partial charge on any atom is 0.168 e. The summed E-state index contributed by atoms with van der Waals surface area (Å²) in [5, 5.41) is 8.78. The first-order valence-corrected chi connectivity index (χ1v) is 8.56. The first-order chi connectivity index (χ1) is 12.1. The Morgan fingerprint density at radius 2 is 2.00 bits per heavy atom. The van der Waals surface area contributed by atoms with E-state index < -0.39 is 0 Å². The highest BCUT2D eigenvalue weighted by molar-refractivity contribution is 5.90. The third kappa shape index (κ3) is 3.61. The molecule has 0 atom stereocenters. The van der Waals surface area contributed by atoms with Crippen LogP contribution in [-0.2, 0) is 0 Å². The molecule has 3 rings (SSSR count). The Kier molecular flexibility index (Phi) is 5.23. The standard InChI is InChI=1S/C18H23FN6/c1-4-24(5-2)10-9-20-17-16-13(3)23-25(18(16)22-12-21-17)15-8-6-7-14(19)11-15/h6-8,11-12H,4-5,9-10H2,1-3H3,(H,20,21,22). The number of fused-ring (bicyclic) bond motifs is 1. The van der Waals surface area contributed by atoms with E-state index in [9.17, 15) is 4.39 Å². The predicted octanol–water partition coefficient (Wildman–Crippen LogP) is 3.02. The highest BCUT2D eigenvalue weighted by Gasteiger charge is 2.15. The maximum absolute atomic E-state index is 13.6. The van der Waals surface area contributed by atoms with Gasteiger partial charge in [0.2, 0.25) is 0 Å². The van der Waals surface area contributed by atoms with Gasteiger partial charge in [0.05, 0.1) is 16.8 Å². The Labute approximate surface area is 146 Å². The third-order valence-corrected chi connectivity index (χ3v) is 4.31. The zero-order valence-electron chi connectivity index (χ0n) is 14.8. The molecule has 1 N–H and O–H groups in total. The molecule has 132 valence electrons. The van der Waals surface area contributed by atoms with Crippen LogP contribution in [0.25, 0.3) is 16.7 Å². The van der Waals surface area contributed by atoms with Gasteiger partial charge in [0.1, 0.15) is 18.0 Å². The van der Waals surface area contributed by atoms with Crippen LogP contribution >= 0.6 is 0 Å². The molecule has 2 aromatic heterocycles. The van der Waals surface area contributed by atoms with Crippen LogP contribution in [0.15, 0.2) is 30.6 Å². The number of benzene rings is 1. The predicted molar refractivity (Wildman–Crippen MR) is 97.6 cm³/mol. The van der Waals surface area contributed by atoms with Crippen LogP contribution in [-0.4, -0.2) is 50.8 Å². The SMILES string of the molecule is CCN(CC)CCNc1ncnc2c1c(C)nn2-c1cccc(F)c1. The van der Waals surface area contributed by atoms with E-state index in [1.165, 1.54) is 18.5 Å². The van der Waals surface area contributed by atoms with Crippen LogP contribution in [0.2, 0.25) is 0 Å². The minimum atomic E-state index is -0.301. The number of hydrogen-bond donors (Lipinski definition) is 1. The number of rotatable bonds is 7. The topological polar surface area (TPSA) is 58.9 Å². The van der Waals surface area contributed by atoms with Crippen molar-refractivity contribution in [1.29, 1.82) is 0 Å². The zero-order valence-corrected chi connectivity index (χ0v) is 14.8. The van der Waals surface area contributed by atoms with Crippen LogP contribution in [0.4, 0.5) is 10.2 Å². The Morgan fingerprint density at radius 1 is 1.20 bits per heavy atom. The van der Waals surface area contributed by atoms with Crippen molar-refractivity contribution in [3.63, 3.8) is 0 Å². The lowest BCUT2D eigenvalue weighted by Crippen LogP contribution is -2.28.